The molecule has 1 heterocycles. The van der Waals surface area contributed by atoms with Crippen LogP contribution in [-0.2, 0) is 27.4 Å². The quantitative estimate of drug-likeness (QED) is 0.0830. The van der Waals surface area contributed by atoms with Crippen LogP contribution in [0.25, 0.3) is 21.8 Å². The molecule has 0 aliphatic carbocycles. The van der Waals surface area contributed by atoms with E-state index >= 15 is 0 Å². The Kier molecular flexibility index (Phi) is 9.79. The fourth-order valence-corrected chi connectivity index (χ4v) is 5.63. The van der Waals surface area contributed by atoms with Crippen LogP contribution in [0, 0.1) is 0 Å². The van der Waals surface area contributed by atoms with Gasteiger partial charge in [-0.15, -0.1) is 0 Å². The van der Waals surface area contributed by atoms with Crippen molar-refractivity contribution in [1.29, 1.82) is 0 Å². The molecule has 0 bridgehead atoms. The minimum absolute atomic E-state index is 0.243. The molecule has 44 heavy (non-hydrogen) atoms. The van der Waals surface area contributed by atoms with Gasteiger partial charge in [0.25, 0.3) is 0 Å². The van der Waals surface area contributed by atoms with Gasteiger partial charge in [0, 0.05) is 56.5 Å². The summed E-state index contributed by atoms with van der Waals surface area (Å²) in [5.41, 5.74) is 3.53. The monoisotopic (exact) mass is 629 g/mol. The molecule has 224 valence electrons. The van der Waals surface area contributed by atoms with Crippen LogP contribution in [0.4, 0.5) is 4.79 Å². The summed E-state index contributed by atoms with van der Waals surface area (Å²) >= 11 is 6.75. The number of methoxy groups -OCH3 is 1. The Bertz CT molecular complexity index is 1880. The number of ketones is 2. The fourth-order valence-electron chi connectivity index (χ4n) is 4.92. The number of ether oxygens (including phenoxy) is 3. The lowest BCUT2D eigenvalue weighted by atomic mass is 10.0. The molecule has 0 aliphatic heterocycles. The van der Waals surface area contributed by atoms with Crippen LogP contribution in [0.2, 0.25) is 5.02 Å². The van der Waals surface area contributed by atoms with Gasteiger partial charge in [-0.3, -0.25) is 9.59 Å². The largest absolute Gasteiger partial charge is 0.454 e. The number of Topliss-reactive ketones (excluding diaryl/α,β-unsaturated/α-hetero) is 2. The Morgan fingerprint density at radius 2 is 1.36 bits per heavy atom. The predicted molar refractivity (Wildman–Crippen MR) is 170 cm³/mol. The number of benzene rings is 4. The Balaban J connectivity index is 1.32. The summed E-state index contributed by atoms with van der Waals surface area (Å²) in [5.74, 6) is -1.33. The molecule has 8 nitrogen and oxygen atoms in total. The Morgan fingerprint density at radius 1 is 0.773 bits per heavy atom. The topological polar surface area (TPSA) is 101 Å². The van der Waals surface area contributed by atoms with Gasteiger partial charge < -0.3 is 18.8 Å². The van der Waals surface area contributed by atoms with Gasteiger partial charge in [0.2, 0.25) is 0 Å². The first-order valence-electron chi connectivity index (χ1n) is 13.8. The zero-order valence-corrected chi connectivity index (χ0v) is 25.6. The first kappa shape index (κ1) is 31.0. The molecule has 5 rings (SSSR count). The van der Waals surface area contributed by atoms with Crippen molar-refractivity contribution in [2.75, 3.05) is 20.3 Å². The third-order valence-electron chi connectivity index (χ3n) is 7.03. The molecule has 0 saturated heterocycles. The number of rotatable bonds is 11. The number of fused-ring (bicyclic) bond motifs is 3. The van der Waals surface area contributed by atoms with E-state index in [2.05, 4.69) is 4.57 Å². The Hall–Kier alpha value is -4.44. The van der Waals surface area contributed by atoms with Crippen molar-refractivity contribution in [1.82, 2.24) is 4.57 Å². The fraction of sp³-hybridized carbons (Fsp3) is 0.176. The highest BCUT2D eigenvalue weighted by Gasteiger charge is 2.19. The number of hydrogen-bond acceptors (Lipinski definition) is 8. The van der Waals surface area contributed by atoms with Crippen LogP contribution in [0.5, 0.6) is 0 Å². The minimum atomic E-state index is -0.606. The van der Waals surface area contributed by atoms with Crippen molar-refractivity contribution in [2.45, 2.75) is 25.0 Å². The highest BCUT2D eigenvalue weighted by Crippen LogP contribution is 2.31. The van der Waals surface area contributed by atoms with E-state index in [1.165, 1.54) is 7.11 Å². The number of aromatic nitrogens is 1. The number of hydrogen-bond donors (Lipinski definition) is 0. The molecule has 0 fully saturated rings. The van der Waals surface area contributed by atoms with Gasteiger partial charge in [-0.2, -0.15) is 0 Å². The molecule has 0 radical (unpaired) electrons. The first-order chi connectivity index (χ1) is 21.3. The number of carbonyl (C=O) groups is 4. The number of halogens is 1. The average molecular weight is 630 g/mol. The van der Waals surface area contributed by atoms with Crippen LogP contribution >= 0.6 is 23.4 Å². The van der Waals surface area contributed by atoms with E-state index in [4.69, 9.17) is 25.8 Å². The summed E-state index contributed by atoms with van der Waals surface area (Å²) in [7, 11) is 1.54. The summed E-state index contributed by atoms with van der Waals surface area (Å²) < 4.78 is 17.8. The molecule has 0 aliphatic rings. The predicted octanol–water partition coefficient (Wildman–Crippen LogP) is 7.77. The number of aryl methyl sites for hydroxylation is 1. The van der Waals surface area contributed by atoms with E-state index in [0.717, 1.165) is 33.6 Å². The molecule has 10 heteroatoms. The molecular weight excluding hydrogens is 602 g/mol. The molecular formula is C34H28ClNO7S. The van der Waals surface area contributed by atoms with Crippen LogP contribution in [0.15, 0.2) is 89.8 Å². The van der Waals surface area contributed by atoms with Crippen molar-refractivity contribution in [2.24, 2.45) is 0 Å². The minimum Gasteiger partial charge on any atom is -0.454 e. The second-order valence-electron chi connectivity index (χ2n) is 9.82. The number of thioether (sulfide) groups is 1. The number of nitrogens with zero attached hydrogens (tertiary/aromatic N) is 1. The zero-order chi connectivity index (χ0) is 31.2. The lowest BCUT2D eigenvalue weighted by Gasteiger charge is -2.09. The van der Waals surface area contributed by atoms with Crippen LogP contribution in [0.3, 0.4) is 0 Å². The van der Waals surface area contributed by atoms with Gasteiger partial charge in [-0.1, -0.05) is 29.8 Å². The summed E-state index contributed by atoms with van der Waals surface area (Å²) in [6.45, 7) is 2.07. The van der Waals surface area contributed by atoms with E-state index in [-0.39, 0.29) is 18.2 Å². The van der Waals surface area contributed by atoms with Crippen molar-refractivity contribution in [3.63, 3.8) is 0 Å². The normalized spacial score (nSPS) is 11.1. The van der Waals surface area contributed by atoms with Gasteiger partial charge in [0.1, 0.15) is 0 Å². The SMILES string of the molecule is CCn1c2ccc(C(=O)COC(=O)Sc3ccc(Cl)cc3)cc2c2cc(C(=O)COC(=O)c3ccccc3COC)ccc21. The molecule has 4 aromatic carbocycles. The van der Waals surface area contributed by atoms with Crippen molar-refractivity contribution < 1.29 is 33.4 Å². The third kappa shape index (κ3) is 6.86. The van der Waals surface area contributed by atoms with Crippen molar-refractivity contribution in [3.8, 4) is 0 Å². The number of carbonyl (C=O) groups excluding carboxylic acids is 4. The summed E-state index contributed by atoms with van der Waals surface area (Å²) in [6.07, 6.45) is 0. The van der Waals surface area contributed by atoms with Crippen molar-refractivity contribution in [3.05, 3.63) is 112 Å². The van der Waals surface area contributed by atoms with Crippen LogP contribution in [-0.4, -0.2) is 47.7 Å². The van der Waals surface area contributed by atoms with E-state index in [1.54, 1.807) is 72.8 Å². The molecule has 0 N–H and O–H groups in total. The zero-order valence-electron chi connectivity index (χ0n) is 24.0. The Labute approximate surface area is 262 Å². The lowest BCUT2D eigenvalue weighted by molar-refractivity contribution is 0.0471. The van der Waals surface area contributed by atoms with Crippen molar-refractivity contribution >= 4 is 68.0 Å². The van der Waals surface area contributed by atoms with E-state index in [1.807, 2.05) is 19.1 Å². The van der Waals surface area contributed by atoms with Gasteiger partial charge >= 0.3 is 11.3 Å². The van der Waals surface area contributed by atoms with Gasteiger partial charge in [0.05, 0.1) is 12.2 Å². The maximum atomic E-state index is 13.1. The van der Waals surface area contributed by atoms with E-state index in [0.29, 0.717) is 38.7 Å². The summed E-state index contributed by atoms with van der Waals surface area (Å²) in [6, 6.07) is 24.2. The molecule has 0 amide bonds. The van der Waals surface area contributed by atoms with E-state index < -0.39 is 24.5 Å². The number of esters is 1. The molecule has 0 unspecified atom stereocenters. The van der Waals surface area contributed by atoms with E-state index in [9.17, 15) is 19.2 Å². The van der Waals surface area contributed by atoms with Gasteiger partial charge in [-0.25, -0.2) is 9.59 Å². The van der Waals surface area contributed by atoms with Crippen LogP contribution in [0.1, 0.15) is 43.6 Å². The Morgan fingerprint density at radius 3 is 1.95 bits per heavy atom. The summed E-state index contributed by atoms with van der Waals surface area (Å²) in [5, 5.41) is 1.50. The molecule has 5 aromatic rings. The second-order valence-corrected chi connectivity index (χ2v) is 11.3. The summed E-state index contributed by atoms with van der Waals surface area (Å²) in [4.78, 5) is 51.7. The maximum Gasteiger partial charge on any atom is 0.372 e. The lowest BCUT2D eigenvalue weighted by Crippen LogP contribution is -2.15. The highest BCUT2D eigenvalue weighted by molar-refractivity contribution is 8.13. The molecule has 0 atom stereocenters. The van der Waals surface area contributed by atoms with Crippen LogP contribution < -0.4 is 0 Å². The second kappa shape index (κ2) is 13.9. The smallest absolute Gasteiger partial charge is 0.372 e. The highest BCUT2D eigenvalue weighted by atomic mass is 35.5. The third-order valence-corrected chi connectivity index (χ3v) is 8.08. The molecule has 1 aromatic heterocycles. The standard InChI is InChI=1S/C34H28ClNO7S/c1-3-36-29-14-8-21(31(37)19-42-33(39)26-7-5-4-6-23(26)18-41-2)16-27(29)28-17-22(9-15-30(28)36)32(38)20-43-34(40)44-25-12-10-24(35)11-13-25/h4-17H,3,18-20H2,1-2H3. The molecule has 0 saturated carbocycles. The molecule has 0 spiro atoms. The van der Waals surface area contributed by atoms with Gasteiger partial charge in [0.15, 0.2) is 24.8 Å². The average Bonchev–Trinajstić information content (AvgIpc) is 3.36. The first-order valence-corrected chi connectivity index (χ1v) is 14.9. The van der Waals surface area contributed by atoms with Gasteiger partial charge in [-0.05, 0) is 91.0 Å². The maximum absolute atomic E-state index is 13.1.